The van der Waals surface area contributed by atoms with Crippen molar-refractivity contribution in [2.24, 2.45) is 0 Å². The Morgan fingerprint density at radius 3 is 2.33 bits per heavy atom. The predicted octanol–water partition coefficient (Wildman–Crippen LogP) is 5.01. The van der Waals surface area contributed by atoms with Gasteiger partial charge in [-0.05, 0) is 81.8 Å². The van der Waals surface area contributed by atoms with Gasteiger partial charge in [0.05, 0.1) is 0 Å². The Morgan fingerprint density at radius 1 is 0.944 bits per heavy atom. The highest BCUT2D eigenvalue weighted by molar-refractivity contribution is 14.1. The second kappa shape index (κ2) is 5.04. The van der Waals surface area contributed by atoms with E-state index in [-0.39, 0.29) is 0 Å². The van der Waals surface area contributed by atoms with Gasteiger partial charge < -0.3 is 0 Å². The van der Waals surface area contributed by atoms with Crippen molar-refractivity contribution in [3.05, 3.63) is 56.7 Å². The SMILES string of the molecule is CCCc1ccc2c(c1)CCc1cc(I)ccc1-2. The second-order valence-electron chi connectivity index (χ2n) is 5.04. The first kappa shape index (κ1) is 12.2. The maximum absolute atomic E-state index is 2.42. The summed E-state index contributed by atoms with van der Waals surface area (Å²) >= 11 is 2.40. The summed E-state index contributed by atoms with van der Waals surface area (Å²) in [5.41, 5.74) is 7.43. The molecule has 3 rings (SSSR count). The van der Waals surface area contributed by atoms with Crippen LogP contribution >= 0.6 is 22.6 Å². The van der Waals surface area contributed by atoms with Crippen molar-refractivity contribution >= 4 is 22.6 Å². The fraction of sp³-hybridized carbons (Fsp3) is 0.294. The maximum Gasteiger partial charge on any atom is 0.0133 e. The molecule has 0 fully saturated rings. The fourth-order valence-electron chi connectivity index (χ4n) is 2.86. The Kier molecular flexibility index (Phi) is 3.42. The van der Waals surface area contributed by atoms with Crippen LogP contribution in [0.25, 0.3) is 11.1 Å². The molecular weight excluding hydrogens is 331 g/mol. The van der Waals surface area contributed by atoms with E-state index in [4.69, 9.17) is 0 Å². The quantitative estimate of drug-likeness (QED) is 0.670. The molecule has 18 heavy (non-hydrogen) atoms. The zero-order valence-corrected chi connectivity index (χ0v) is 12.8. The third-order valence-corrected chi connectivity index (χ3v) is 4.40. The number of fused-ring (bicyclic) bond motifs is 3. The summed E-state index contributed by atoms with van der Waals surface area (Å²) in [5, 5.41) is 0. The van der Waals surface area contributed by atoms with Crippen LogP contribution in [0, 0.1) is 3.57 Å². The summed E-state index contributed by atoms with van der Waals surface area (Å²) in [4.78, 5) is 0. The average molecular weight is 348 g/mol. The van der Waals surface area contributed by atoms with Gasteiger partial charge in [0.2, 0.25) is 0 Å². The lowest BCUT2D eigenvalue weighted by molar-refractivity contribution is 0.901. The minimum Gasteiger partial charge on any atom is -0.0651 e. The number of rotatable bonds is 2. The summed E-state index contributed by atoms with van der Waals surface area (Å²) in [5.74, 6) is 0. The zero-order chi connectivity index (χ0) is 12.5. The predicted molar refractivity (Wildman–Crippen MR) is 86.0 cm³/mol. The molecule has 1 heteroatoms. The molecule has 0 bridgehead atoms. The molecule has 0 amide bonds. The van der Waals surface area contributed by atoms with Crippen LogP contribution < -0.4 is 0 Å². The molecule has 1 aliphatic rings. The molecule has 0 heterocycles. The fourth-order valence-corrected chi connectivity index (χ4v) is 3.42. The zero-order valence-electron chi connectivity index (χ0n) is 10.7. The van der Waals surface area contributed by atoms with Crippen molar-refractivity contribution < 1.29 is 0 Å². The van der Waals surface area contributed by atoms with E-state index in [9.17, 15) is 0 Å². The molecule has 0 radical (unpaired) electrons. The lowest BCUT2D eigenvalue weighted by Gasteiger charge is -2.21. The van der Waals surface area contributed by atoms with Crippen LogP contribution in [0.1, 0.15) is 30.0 Å². The first-order valence-electron chi connectivity index (χ1n) is 6.68. The van der Waals surface area contributed by atoms with Crippen LogP contribution in [-0.4, -0.2) is 0 Å². The Bertz CT molecular complexity index is 584. The average Bonchev–Trinajstić information content (AvgIpc) is 2.38. The molecule has 2 aromatic rings. The van der Waals surface area contributed by atoms with Crippen molar-refractivity contribution in [2.45, 2.75) is 32.6 Å². The minimum atomic E-state index is 1.19. The number of benzene rings is 2. The van der Waals surface area contributed by atoms with Gasteiger partial charge in [-0.15, -0.1) is 0 Å². The summed E-state index contributed by atoms with van der Waals surface area (Å²) in [6.45, 7) is 2.25. The van der Waals surface area contributed by atoms with Gasteiger partial charge in [-0.2, -0.15) is 0 Å². The highest BCUT2D eigenvalue weighted by atomic mass is 127. The largest absolute Gasteiger partial charge is 0.0651 e. The van der Waals surface area contributed by atoms with Gasteiger partial charge in [-0.25, -0.2) is 0 Å². The number of aryl methyl sites for hydroxylation is 3. The van der Waals surface area contributed by atoms with Crippen LogP contribution in [0.5, 0.6) is 0 Å². The topological polar surface area (TPSA) is 0 Å². The third kappa shape index (κ3) is 2.20. The van der Waals surface area contributed by atoms with Crippen molar-refractivity contribution in [3.63, 3.8) is 0 Å². The van der Waals surface area contributed by atoms with E-state index in [1.807, 2.05) is 0 Å². The van der Waals surface area contributed by atoms with Crippen molar-refractivity contribution in [1.82, 2.24) is 0 Å². The Hall–Kier alpha value is -0.830. The minimum absolute atomic E-state index is 1.19. The standard InChI is InChI=1S/C17H17I/c1-2-3-12-4-8-16-13(10-12)5-6-14-11-15(18)7-9-17(14)16/h4,7-11H,2-3,5-6H2,1H3. The molecule has 92 valence electrons. The maximum atomic E-state index is 2.42. The molecule has 0 unspecified atom stereocenters. The van der Waals surface area contributed by atoms with E-state index < -0.39 is 0 Å². The second-order valence-corrected chi connectivity index (χ2v) is 6.29. The van der Waals surface area contributed by atoms with Gasteiger partial charge in [0.1, 0.15) is 0 Å². The van der Waals surface area contributed by atoms with Crippen LogP contribution in [0.3, 0.4) is 0 Å². The number of halogens is 1. The molecule has 2 aromatic carbocycles. The Labute approximate surface area is 123 Å². The van der Waals surface area contributed by atoms with E-state index in [2.05, 4.69) is 65.9 Å². The molecule has 0 saturated carbocycles. The van der Waals surface area contributed by atoms with Crippen molar-refractivity contribution in [1.29, 1.82) is 0 Å². The van der Waals surface area contributed by atoms with Gasteiger partial charge in [0.15, 0.2) is 0 Å². The van der Waals surface area contributed by atoms with E-state index in [0.29, 0.717) is 0 Å². The van der Waals surface area contributed by atoms with Gasteiger partial charge in [-0.3, -0.25) is 0 Å². The normalized spacial score (nSPS) is 13.0. The van der Waals surface area contributed by atoms with Gasteiger partial charge >= 0.3 is 0 Å². The van der Waals surface area contributed by atoms with Crippen LogP contribution in [-0.2, 0) is 19.3 Å². The monoisotopic (exact) mass is 348 g/mol. The molecule has 0 atom stereocenters. The van der Waals surface area contributed by atoms with Crippen LogP contribution in [0.2, 0.25) is 0 Å². The van der Waals surface area contributed by atoms with Crippen molar-refractivity contribution in [2.75, 3.05) is 0 Å². The van der Waals surface area contributed by atoms with E-state index in [1.54, 1.807) is 0 Å². The van der Waals surface area contributed by atoms with E-state index in [0.717, 1.165) is 0 Å². The van der Waals surface area contributed by atoms with Gasteiger partial charge in [0, 0.05) is 3.57 Å². The summed E-state index contributed by atoms with van der Waals surface area (Å²) in [6, 6.07) is 13.9. The smallest absolute Gasteiger partial charge is 0.0133 e. The molecular formula is C17H17I. The van der Waals surface area contributed by atoms with Crippen molar-refractivity contribution in [3.8, 4) is 11.1 Å². The molecule has 0 aromatic heterocycles. The summed E-state index contributed by atoms with van der Waals surface area (Å²) in [7, 11) is 0. The number of hydrogen-bond acceptors (Lipinski definition) is 0. The molecule has 0 spiro atoms. The highest BCUT2D eigenvalue weighted by Gasteiger charge is 2.16. The lowest BCUT2D eigenvalue weighted by Crippen LogP contribution is -2.05. The van der Waals surface area contributed by atoms with E-state index >= 15 is 0 Å². The molecule has 0 saturated heterocycles. The lowest BCUT2D eigenvalue weighted by atomic mass is 9.84. The molecule has 0 nitrogen and oxygen atoms in total. The third-order valence-electron chi connectivity index (χ3n) is 3.73. The highest BCUT2D eigenvalue weighted by Crippen LogP contribution is 2.34. The first-order valence-corrected chi connectivity index (χ1v) is 7.76. The van der Waals surface area contributed by atoms with Gasteiger partial charge in [0.25, 0.3) is 0 Å². The van der Waals surface area contributed by atoms with Crippen LogP contribution in [0.15, 0.2) is 36.4 Å². The first-order chi connectivity index (χ1) is 8.78. The molecule has 0 N–H and O–H groups in total. The van der Waals surface area contributed by atoms with Crippen LogP contribution in [0.4, 0.5) is 0 Å². The molecule has 0 aliphatic heterocycles. The van der Waals surface area contributed by atoms with E-state index in [1.165, 1.54) is 57.1 Å². The number of hydrogen-bond donors (Lipinski definition) is 0. The van der Waals surface area contributed by atoms with Gasteiger partial charge in [-0.1, -0.05) is 37.6 Å². The summed E-state index contributed by atoms with van der Waals surface area (Å²) < 4.78 is 1.34. The Balaban J connectivity index is 2.08. The Morgan fingerprint density at radius 2 is 1.61 bits per heavy atom. The molecule has 1 aliphatic carbocycles. The summed E-state index contributed by atoms with van der Waals surface area (Å²) in [6.07, 6.45) is 4.81.